The van der Waals surface area contributed by atoms with Crippen molar-refractivity contribution in [1.29, 1.82) is 0 Å². The highest BCUT2D eigenvalue weighted by atomic mass is 16.4. The van der Waals surface area contributed by atoms with Gasteiger partial charge >= 0.3 is 11.9 Å². The molecule has 0 radical (unpaired) electrons. The average molecular weight is 273 g/mol. The number of carboxylic acid groups (broad SMARTS) is 2. The molecular formula is C14H27NO4. The van der Waals surface area contributed by atoms with Crippen LogP contribution in [0.25, 0.3) is 0 Å². The Balaban J connectivity index is 4.23. The Bertz CT molecular complexity index is 268. The van der Waals surface area contributed by atoms with E-state index >= 15 is 0 Å². The molecule has 0 heterocycles. The lowest BCUT2D eigenvalue weighted by Crippen LogP contribution is -2.42. The second-order valence-corrected chi connectivity index (χ2v) is 4.86. The van der Waals surface area contributed by atoms with Gasteiger partial charge in [-0.25, -0.2) is 0 Å². The van der Waals surface area contributed by atoms with E-state index in [0.29, 0.717) is 19.5 Å². The molecule has 0 aromatic rings. The van der Waals surface area contributed by atoms with Crippen LogP contribution in [-0.2, 0) is 9.59 Å². The third-order valence-electron chi connectivity index (χ3n) is 3.27. The number of nitrogens with zero attached hydrogens (tertiary/aromatic N) is 1. The predicted octanol–water partition coefficient (Wildman–Crippen LogP) is 2.60. The molecule has 0 fully saturated rings. The quantitative estimate of drug-likeness (QED) is 0.534. The van der Waals surface area contributed by atoms with Crippen LogP contribution >= 0.6 is 0 Å². The number of unbranched alkanes of at least 4 members (excludes halogenated alkanes) is 4. The molecule has 1 atom stereocenters. The molecule has 2 N–H and O–H groups in total. The second-order valence-electron chi connectivity index (χ2n) is 4.86. The van der Waals surface area contributed by atoms with Crippen LogP contribution in [0.15, 0.2) is 0 Å². The Morgan fingerprint density at radius 2 is 1.63 bits per heavy atom. The van der Waals surface area contributed by atoms with Gasteiger partial charge in [-0.2, -0.15) is 0 Å². The topological polar surface area (TPSA) is 77.8 Å². The van der Waals surface area contributed by atoms with Gasteiger partial charge in [-0.3, -0.25) is 14.5 Å². The molecule has 0 aromatic carbocycles. The van der Waals surface area contributed by atoms with Gasteiger partial charge < -0.3 is 10.2 Å². The van der Waals surface area contributed by atoms with Crippen LogP contribution < -0.4 is 0 Å². The van der Waals surface area contributed by atoms with Crippen molar-refractivity contribution in [2.45, 2.75) is 64.8 Å². The van der Waals surface area contributed by atoms with Crippen LogP contribution in [0.5, 0.6) is 0 Å². The third kappa shape index (κ3) is 8.59. The van der Waals surface area contributed by atoms with Crippen LogP contribution in [0.3, 0.4) is 0 Å². The van der Waals surface area contributed by atoms with E-state index in [2.05, 4.69) is 6.92 Å². The summed E-state index contributed by atoms with van der Waals surface area (Å²) in [6, 6.07) is -0.564. The van der Waals surface area contributed by atoms with E-state index in [1.165, 1.54) is 12.8 Å². The van der Waals surface area contributed by atoms with E-state index in [-0.39, 0.29) is 6.42 Å². The zero-order valence-electron chi connectivity index (χ0n) is 12.1. The first-order chi connectivity index (χ1) is 9.02. The Labute approximate surface area is 115 Å². The van der Waals surface area contributed by atoms with Gasteiger partial charge in [0.25, 0.3) is 0 Å². The van der Waals surface area contributed by atoms with Crippen LogP contribution in [0.2, 0.25) is 0 Å². The molecule has 0 aliphatic rings. The molecule has 0 aromatic heterocycles. The summed E-state index contributed by atoms with van der Waals surface area (Å²) in [5.41, 5.74) is 0. The maximum Gasteiger partial charge on any atom is 0.320 e. The van der Waals surface area contributed by atoms with Crippen molar-refractivity contribution in [3.63, 3.8) is 0 Å². The number of hydrogen-bond acceptors (Lipinski definition) is 3. The fraction of sp³-hybridized carbons (Fsp3) is 0.857. The molecule has 0 bridgehead atoms. The Hall–Kier alpha value is -1.10. The molecule has 19 heavy (non-hydrogen) atoms. The smallest absolute Gasteiger partial charge is 0.320 e. The van der Waals surface area contributed by atoms with E-state index in [9.17, 15) is 9.59 Å². The summed E-state index contributed by atoms with van der Waals surface area (Å²) in [4.78, 5) is 23.6. The van der Waals surface area contributed by atoms with Crippen molar-refractivity contribution in [1.82, 2.24) is 4.90 Å². The molecule has 5 heteroatoms. The summed E-state index contributed by atoms with van der Waals surface area (Å²) < 4.78 is 0. The summed E-state index contributed by atoms with van der Waals surface area (Å²) in [5.74, 6) is -1.74. The van der Waals surface area contributed by atoms with Crippen molar-refractivity contribution in [2.24, 2.45) is 0 Å². The SMILES string of the molecule is CCCCCCCN(CCC(=O)O)C(CC)C(=O)O. The van der Waals surface area contributed by atoms with E-state index in [1.807, 2.05) is 6.92 Å². The minimum absolute atomic E-state index is 0.00125. The lowest BCUT2D eigenvalue weighted by molar-refractivity contribution is -0.145. The highest BCUT2D eigenvalue weighted by molar-refractivity contribution is 5.73. The molecule has 0 amide bonds. The number of rotatable bonds is 12. The highest BCUT2D eigenvalue weighted by Crippen LogP contribution is 2.10. The molecule has 0 spiro atoms. The number of carboxylic acids is 2. The van der Waals surface area contributed by atoms with Crippen molar-refractivity contribution >= 4 is 11.9 Å². The molecule has 1 unspecified atom stereocenters. The van der Waals surface area contributed by atoms with Gasteiger partial charge in [-0.15, -0.1) is 0 Å². The van der Waals surface area contributed by atoms with Crippen LogP contribution in [-0.4, -0.2) is 46.2 Å². The minimum Gasteiger partial charge on any atom is -0.481 e. The van der Waals surface area contributed by atoms with Crippen molar-refractivity contribution in [2.75, 3.05) is 13.1 Å². The number of aliphatic carboxylic acids is 2. The first kappa shape index (κ1) is 17.9. The molecule has 0 saturated carbocycles. The lowest BCUT2D eigenvalue weighted by Gasteiger charge is -2.27. The second kappa shape index (κ2) is 10.8. The summed E-state index contributed by atoms with van der Waals surface area (Å²) in [6.07, 6.45) is 6.05. The van der Waals surface area contributed by atoms with Gasteiger partial charge in [0.05, 0.1) is 6.42 Å². The van der Waals surface area contributed by atoms with Crippen molar-refractivity contribution in [3.8, 4) is 0 Å². The summed E-state index contributed by atoms with van der Waals surface area (Å²) in [7, 11) is 0. The summed E-state index contributed by atoms with van der Waals surface area (Å²) in [5, 5.41) is 17.9. The third-order valence-corrected chi connectivity index (χ3v) is 3.27. The lowest BCUT2D eigenvalue weighted by atomic mass is 10.1. The fourth-order valence-electron chi connectivity index (χ4n) is 2.17. The fourth-order valence-corrected chi connectivity index (χ4v) is 2.17. The van der Waals surface area contributed by atoms with Gasteiger partial charge in [0.2, 0.25) is 0 Å². The number of hydrogen-bond donors (Lipinski definition) is 2. The molecular weight excluding hydrogens is 246 g/mol. The maximum absolute atomic E-state index is 11.2. The van der Waals surface area contributed by atoms with Gasteiger partial charge in [-0.1, -0.05) is 39.5 Å². The Kier molecular flexibility index (Phi) is 10.2. The molecule has 0 aliphatic carbocycles. The largest absolute Gasteiger partial charge is 0.481 e. The zero-order chi connectivity index (χ0) is 14.7. The summed E-state index contributed by atoms with van der Waals surface area (Å²) >= 11 is 0. The number of carbonyl (C=O) groups is 2. The van der Waals surface area contributed by atoms with E-state index in [4.69, 9.17) is 10.2 Å². The Morgan fingerprint density at radius 3 is 2.11 bits per heavy atom. The predicted molar refractivity (Wildman–Crippen MR) is 74.3 cm³/mol. The molecule has 0 rings (SSSR count). The van der Waals surface area contributed by atoms with Crippen molar-refractivity contribution in [3.05, 3.63) is 0 Å². The van der Waals surface area contributed by atoms with Gasteiger partial charge in [0.15, 0.2) is 0 Å². The van der Waals surface area contributed by atoms with Crippen LogP contribution in [0, 0.1) is 0 Å². The van der Waals surface area contributed by atoms with Gasteiger partial charge in [-0.05, 0) is 19.4 Å². The van der Waals surface area contributed by atoms with Gasteiger partial charge in [0, 0.05) is 6.54 Å². The normalized spacial score (nSPS) is 12.6. The van der Waals surface area contributed by atoms with E-state index in [1.54, 1.807) is 4.90 Å². The zero-order valence-corrected chi connectivity index (χ0v) is 12.1. The molecule has 0 saturated heterocycles. The highest BCUT2D eigenvalue weighted by Gasteiger charge is 2.23. The van der Waals surface area contributed by atoms with Crippen LogP contribution in [0.4, 0.5) is 0 Å². The van der Waals surface area contributed by atoms with Gasteiger partial charge in [0.1, 0.15) is 6.04 Å². The first-order valence-electron chi connectivity index (χ1n) is 7.21. The van der Waals surface area contributed by atoms with E-state index in [0.717, 1.165) is 19.3 Å². The minimum atomic E-state index is -0.878. The molecule has 112 valence electrons. The maximum atomic E-state index is 11.2. The average Bonchev–Trinajstić information content (AvgIpc) is 2.35. The molecule has 5 nitrogen and oxygen atoms in total. The van der Waals surface area contributed by atoms with Crippen LogP contribution in [0.1, 0.15) is 58.8 Å². The summed E-state index contributed by atoms with van der Waals surface area (Å²) in [6.45, 7) is 4.95. The van der Waals surface area contributed by atoms with Crippen molar-refractivity contribution < 1.29 is 19.8 Å². The van der Waals surface area contributed by atoms with E-state index < -0.39 is 18.0 Å². The Morgan fingerprint density at radius 1 is 1.00 bits per heavy atom. The molecule has 0 aliphatic heterocycles. The standard InChI is InChI=1S/C14H27NO4/c1-3-5-6-7-8-10-15(11-9-13(16)17)12(4-2)14(18)19/h12H,3-11H2,1-2H3,(H,16,17)(H,18,19). The monoisotopic (exact) mass is 273 g/mol. The first-order valence-corrected chi connectivity index (χ1v) is 7.21.